The molecule has 0 bridgehead atoms. The first-order valence-corrected chi connectivity index (χ1v) is 7.50. The first kappa shape index (κ1) is 14.4. The van der Waals surface area contributed by atoms with Crippen LogP contribution in [0.4, 0.5) is 0 Å². The first-order valence-electron chi connectivity index (χ1n) is 6.34. The molecule has 17 heavy (non-hydrogen) atoms. The van der Waals surface area contributed by atoms with E-state index in [-0.39, 0.29) is 6.04 Å². The van der Waals surface area contributed by atoms with E-state index < -0.39 is 0 Å². The lowest BCUT2D eigenvalue weighted by molar-refractivity contribution is 0.313. The van der Waals surface area contributed by atoms with Crippen molar-refractivity contribution in [3.8, 4) is 5.75 Å². The van der Waals surface area contributed by atoms with Gasteiger partial charge in [0.2, 0.25) is 0 Å². The number of ether oxygens (including phenoxy) is 1. The topological polar surface area (TPSA) is 35.2 Å². The summed E-state index contributed by atoms with van der Waals surface area (Å²) in [5.74, 6) is 3.29. The Kier molecular flexibility index (Phi) is 7.13. The molecular formula is C14H23NOS. The van der Waals surface area contributed by atoms with Crippen LogP contribution in [0, 0.1) is 0 Å². The zero-order valence-corrected chi connectivity index (χ0v) is 11.6. The molecule has 1 aromatic rings. The van der Waals surface area contributed by atoms with Crippen molar-refractivity contribution in [2.75, 3.05) is 18.1 Å². The van der Waals surface area contributed by atoms with Crippen molar-refractivity contribution in [1.29, 1.82) is 0 Å². The summed E-state index contributed by atoms with van der Waals surface area (Å²) in [6.45, 7) is 5.06. The highest BCUT2D eigenvalue weighted by Crippen LogP contribution is 2.25. The maximum Gasteiger partial charge on any atom is 0.124 e. The summed E-state index contributed by atoms with van der Waals surface area (Å²) in [5.41, 5.74) is 7.19. The van der Waals surface area contributed by atoms with E-state index in [9.17, 15) is 0 Å². The van der Waals surface area contributed by atoms with Gasteiger partial charge in [-0.1, -0.05) is 32.0 Å². The molecular weight excluding hydrogens is 230 g/mol. The third kappa shape index (κ3) is 5.00. The zero-order chi connectivity index (χ0) is 12.5. The SMILES string of the molecule is CCSCCCOc1ccccc1C(N)CC. The molecule has 0 aromatic heterocycles. The molecule has 0 aliphatic rings. The van der Waals surface area contributed by atoms with E-state index in [2.05, 4.69) is 19.9 Å². The number of thioether (sulfide) groups is 1. The number of nitrogens with two attached hydrogens (primary N) is 1. The minimum atomic E-state index is 0.0798. The standard InChI is InChI=1S/C14H23NOS/c1-3-13(15)12-8-5-6-9-14(12)16-10-7-11-17-4-2/h5-6,8-9,13H,3-4,7,10-11,15H2,1-2H3. The summed E-state index contributed by atoms with van der Waals surface area (Å²) < 4.78 is 5.81. The molecule has 0 fully saturated rings. The highest BCUT2D eigenvalue weighted by Gasteiger charge is 2.09. The molecule has 2 nitrogen and oxygen atoms in total. The highest BCUT2D eigenvalue weighted by molar-refractivity contribution is 7.99. The number of benzene rings is 1. The van der Waals surface area contributed by atoms with Gasteiger partial charge in [-0.15, -0.1) is 0 Å². The maximum atomic E-state index is 6.06. The van der Waals surface area contributed by atoms with E-state index in [1.165, 1.54) is 11.5 Å². The molecule has 1 aromatic carbocycles. The fourth-order valence-electron chi connectivity index (χ4n) is 1.63. The largest absolute Gasteiger partial charge is 0.493 e. The van der Waals surface area contributed by atoms with Crippen LogP contribution in [0.1, 0.15) is 38.3 Å². The van der Waals surface area contributed by atoms with Gasteiger partial charge in [-0.05, 0) is 30.4 Å². The summed E-state index contributed by atoms with van der Waals surface area (Å²) in [4.78, 5) is 0. The Labute approximate surface area is 109 Å². The molecule has 3 heteroatoms. The summed E-state index contributed by atoms with van der Waals surface area (Å²) in [6, 6.07) is 8.17. The molecule has 0 radical (unpaired) electrons. The van der Waals surface area contributed by atoms with Gasteiger partial charge in [-0.2, -0.15) is 11.8 Å². The molecule has 0 aliphatic heterocycles. The number of hydrogen-bond donors (Lipinski definition) is 1. The minimum absolute atomic E-state index is 0.0798. The number of rotatable bonds is 8. The van der Waals surface area contributed by atoms with Crippen LogP contribution in [0.25, 0.3) is 0 Å². The molecule has 0 spiro atoms. The Morgan fingerprint density at radius 1 is 1.29 bits per heavy atom. The number of para-hydroxylation sites is 1. The second-order valence-corrected chi connectivity index (χ2v) is 5.35. The van der Waals surface area contributed by atoms with Gasteiger partial charge in [0.25, 0.3) is 0 Å². The lowest BCUT2D eigenvalue weighted by Gasteiger charge is -2.15. The quantitative estimate of drug-likeness (QED) is 0.719. The summed E-state index contributed by atoms with van der Waals surface area (Å²) in [6.07, 6.45) is 2.03. The Morgan fingerprint density at radius 3 is 2.76 bits per heavy atom. The van der Waals surface area contributed by atoms with Crippen LogP contribution in [-0.4, -0.2) is 18.1 Å². The Hall–Kier alpha value is -0.670. The van der Waals surface area contributed by atoms with E-state index in [4.69, 9.17) is 10.5 Å². The molecule has 0 heterocycles. The van der Waals surface area contributed by atoms with Crippen LogP contribution in [-0.2, 0) is 0 Å². The van der Waals surface area contributed by atoms with Crippen LogP contribution < -0.4 is 10.5 Å². The predicted molar refractivity (Wildman–Crippen MR) is 76.8 cm³/mol. The van der Waals surface area contributed by atoms with Crippen LogP contribution in [0.15, 0.2) is 24.3 Å². The molecule has 0 saturated carbocycles. The lowest BCUT2D eigenvalue weighted by atomic mass is 10.0. The van der Waals surface area contributed by atoms with E-state index in [0.29, 0.717) is 0 Å². The van der Waals surface area contributed by atoms with E-state index >= 15 is 0 Å². The monoisotopic (exact) mass is 253 g/mol. The molecule has 1 atom stereocenters. The second kappa shape index (κ2) is 8.43. The van der Waals surface area contributed by atoms with Gasteiger partial charge < -0.3 is 10.5 Å². The van der Waals surface area contributed by atoms with Crippen molar-refractivity contribution in [2.24, 2.45) is 5.73 Å². The van der Waals surface area contributed by atoms with Crippen molar-refractivity contribution in [3.63, 3.8) is 0 Å². The van der Waals surface area contributed by atoms with E-state index in [1.807, 2.05) is 30.0 Å². The minimum Gasteiger partial charge on any atom is -0.493 e. The van der Waals surface area contributed by atoms with Crippen molar-refractivity contribution in [3.05, 3.63) is 29.8 Å². The van der Waals surface area contributed by atoms with Gasteiger partial charge in [0, 0.05) is 11.6 Å². The Bertz CT molecular complexity index is 317. The highest BCUT2D eigenvalue weighted by atomic mass is 32.2. The third-order valence-electron chi connectivity index (χ3n) is 2.65. The molecule has 2 N–H and O–H groups in total. The van der Waals surface area contributed by atoms with Crippen LogP contribution in [0.2, 0.25) is 0 Å². The average Bonchev–Trinajstić information content (AvgIpc) is 2.38. The summed E-state index contributed by atoms with van der Waals surface area (Å²) >= 11 is 1.95. The van der Waals surface area contributed by atoms with Crippen molar-refractivity contribution in [2.45, 2.75) is 32.7 Å². The number of hydrogen-bond acceptors (Lipinski definition) is 3. The van der Waals surface area contributed by atoms with E-state index in [1.54, 1.807) is 0 Å². The van der Waals surface area contributed by atoms with Gasteiger partial charge in [0.15, 0.2) is 0 Å². The van der Waals surface area contributed by atoms with Crippen LogP contribution >= 0.6 is 11.8 Å². The third-order valence-corrected chi connectivity index (χ3v) is 3.64. The van der Waals surface area contributed by atoms with Gasteiger partial charge >= 0.3 is 0 Å². The second-order valence-electron chi connectivity index (χ2n) is 3.95. The maximum absolute atomic E-state index is 6.06. The molecule has 0 saturated heterocycles. The fourth-order valence-corrected chi connectivity index (χ4v) is 2.24. The Balaban J connectivity index is 2.46. The molecule has 1 unspecified atom stereocenters. The molecule has 96 valence electrons. The zero-order valence-electron chi connectivity index (χ0n) is 10.8. The molecule has 0 amide bonds. The van der Waals surface area contributed by atoms with Crippen molar-refractivity contribution in [1.82, 2.24) is 0 Å². The van der Waals surface area contributed by atoms with Crippen LogP contribution in [0.3, 0.4) is 0 Å². The predicted octanol–water partition coefficient (Wildman–Crippen LogP) is 3.62. The molecule has 0 aliphatic carbocycles. The van der Waals surface area contributed by atoms with Gasteiger partial charge in [0.05, 0.1) is 6.61 Å². The van der Waals surface area contributed by atoms with E-state index in [0.717, 1.165) is 30.8 Å². The first-order chi connectivity index (χ1) is 8.29. The fraction of sp³-hybridized carbons (Fsp3) is 0.571. The smallest absolute Gasteiger partial charge is 0.124 e. The lowest BCUT2D eigenvalue weighted by Crippen LogP contribution is -2.11. The summed E-state index contributed by atoms with van der Waals surface area (Å²) in [7, 11) is 0. The average molecular weight is 253 g/mol. The van der Waals surface area contributed by atoms with Crippen LogP contribution in [0.5, 0.6) is 5.75 Å². The Morgan fingerprint density at radius 2 is 2.06 bits per heavy atom. The van der Waals surface area contributed by atoms with Gasteiger partial charge in [0.1, 0.15) is 5.75 Å². The summed E-state index contributed by atoms with van der Waals surface area (Å²) in [5, 5.41) is 0. The molecule has 1 rings (SSSR count). The van der Waals surface area contributed by atoms with Gasteiger partial charge in [-0.3, -0.25) is 0 Å². The van der Waals surface area contributed by atoms with Gasteiger partial charge in [-0.25, -0.2) is 0 Å². The van der Waals surface area contributed by atoms with Crippen molar-refractivity contribution < 1.29 is 4.74 Å². The normalized spacial score (nSPS) is 12.4. The van der Waals surface area contributed by atoms with Crippen molar-refractivity contribution >= 4 is 11.8 Å².